The van der Waals surface area contributed by atoms with Crippen molar-refractivity contribution in [3.05, 3.63) is 84.2 Å². The van der Waals surface area contributed by atoms with Crippen LogP contribution in [0.25, 0.3) is 17.5 Å². The summed E-state index contributed by atoms with van der Waals surface area (Å²) >= 11 is 0. The van der Waals surface area contributed by atoms with Gasteiger partial charge in [-0.15, -0.1) is 0 Å². The van der Waals surface area contributed by atoms with Crippen molar-refractivity contribution < 1.29 is 70.4 Å². The number of aliphatic hydroxyl groups excluding tert-OH is 1. The van der Waals surface area contributed by atoms with Crippen molar-refractivity contribution in [1.82, 2.24) is 30.8 Å². The molecule has 22 heteroatoms. The first-order chi connectivity index (χ1) is 36.8. The van der Waals surface area contributed by atoms with Crippen LogP contribution in [0.1, 0.15) is 92.2 Å². The molecule has 20 nitrogen and oxygen atoms in total. The largest absolute Gasteiger partial charge is 0.458 e. The summed E-state index contributed by atoms with van der Waals surface area (Å²) in [6.07, 6.45) is 0.168. The van der Waals surface area contributed by atoms with Crippen LogP contribution in [0.5, 0.6) is 0 Å². The number of alkyl carbamates (subject to hydrolysis) is 2. The average molecular weight is 1110 g/mol. The summed E-state index contributed by atoms with van der Waals surface area (Å²) in [7, 11) is -1.74. The third-order valence-corrected chi connectivity index (χ3v) is 16.3. The molecule has 3 saturated heterocycles. The van der Waals surface area contributed by atoms with E-state index in [-0.39, 0.29) is 55.9 Å². The van der Waals surface area contributed by atoms with Crippen LogP contribution in [0.3, 0.4) is 0 Å². The number of sulfone groups is 1. The van der Waals surface area contributed by atoms with Crippen LogP contribution in [0, 0.1) is 23.7 Å². The first-order valence-electron chi connectivity index (χ1n) is 26.4. The quantitative estimate of drug-likeness (QED) is 0.0729. The van der Waals surface area contributed by atoms with E-state index in [1.165, 1.54) is 32.9 Å². The third kappa shape index (κ3) is 14.9. The molecule has 0 radical (unpaired) electrons. The Hall–Kier alpha value is -6.20. The fraction of sp³-hybridized carbons (Fsp3) is 0.571. The molecule has 3 fully saturated rings. The van der Waals surface area contributed by atoms with Gasteiger partial charge in [-0.1, -0.05) is 76.2 Å². The zero-order chi connectivity index (χ0) is 57.3. The maximum atomic E-state index is 14.8. The lowest BCUT2D eigenvalue weighted by molar-refractivity contribution is -0.293. The molecule has 3 aromatic rings. The highest BCUT2D eigenvalue weighted by atomic mass is 32.2. The predicted octanol–water partition coefficient (Wildman–Crippen LogP) is 5.59. The lowest BCUT2D eigenvalue weighted by Crippen LogP contribution is -2.61. The Labute approximate surface area is 455 Å². The molecular weight excluding hydrogens is 1030 g/mol. The van der Waals surface area contributed by atoms with Crippen LogP contribution >= 0.6 is 0 Å². The van der Waals surface area contributed by atoms with Gasteiger partial charge >= 0.3 is 18.2 Å². The number of halogens is 1. The Morgan fingerprint density at radius 3 is 2.28 bits per heavy atom. The zero-order valence-corrected chi connectivity index (χ0v) is 46.8. The highest BCUT2D eigenvalue weighted by molar-refractivity contribution is 7.90. The number of Topliss-reactive ketones (excluding diaryl/α,β-unsaturated/α-hetero) is 2. The van der Waals surface area contributed by atoms with Gasteiger partial charge < -0.3 is 49.6 Å². The molecule has 3 aliphatic rings. The molecule has 78 heavy (non-hydrogen) atoms. The number of hydrogen-bond acceptors (Lipinski definition) is 17. The molecule has 0 spiro atoms. The predicted molar refractivity (Wildman–Crippen MR) is 285 cm³/mol. The number of carbonyl (C=O) groups is 6. The van der Waals surface area contributed by atoms with E-state index in [1.54, 1.807) is 89.3 Å². The number of benzene rings is 2. The van der Waals surface area contributed by atoms with Gasteiger partial charge in [0.15, 0.2) is 33.3 Å². The second-order valence-electron chi connectivity index (χ2n) is 21.4. The number of nitrogens with one attached hydrogen (secondary N) is 3. The summed E-state index contributed by atoms with van der Waals surface area (Å²) in [5.74, 6) is -6.53. The van der Waals surface area contributed by atoms with Crippen molar-refractivity contribution in [2.75, 3.05) is 33.1 Å². The van der Waals surface area contributed by atoms with Crippen LogP contribution in [-0.4, -0.2) is 157 Å². The summed E-state index contributed by atoms with van der Waals surface area (Å²) in [6.45, 7) is 11.9. The number of esters is 1. The summed E-state index contributed by atoms with van der Waals surface area (Å²) in [5.41, 5.74) is -1.15. The number of cyclic esters (lactones) is 1. The average Bonchev–Trinajstić information content (AvgIpc) is 3.79. The number of rotatable bonds is 17. The van der Waals surface area contributed by atoms with Gasteiger partial charge in [0.2, 0.25) is 5.91 Å². The van der Waals surface area contributed by atoms with Crippen molar-refractivity contribution in [2.45, 2.75) is 152 Å². The molecule has 4 heterocycles. The minimum atomic E-state index is -3.43. The Morgan fingerprint density at radius 1 is 0.987 bits per heavy atom. The topological polar surface area (TPSA) is 268 Å². The van der Waals surface area contributed by atoms with Gasteiger partial charge in [0, 0.05) is 67.5 Å². The van der Waals surface area contributed by atoms with Crippen LogP contribution < -0.4 is 16.0 Å². The standard InChI is InChI=1S/C56H75FN6O14S/c1-11-43-56(8)48(62-54(70)77-56)34(4)45(65)32(2)30-55(7,76-53(69)60-24-12-14-37-15-19-39(20-16-37)50-58-25-13-26-59-50)49(35(5)46(66)36(6)51(68)74-43)75-52-47(67)42(28-33(3)73-52)63(9)27-23-44(64)61-40(31-57)29-38-17-21-41(22-18-38)78(10,71)72/h12-22,25-26,32-36,40,42-43,47-49,52,67H,11,23-24,27-31H2,1-10H3,(H,60,69)(H,61,64)(H,62,70)/b14-12+/t32-,33-,34?,35+,36-,40+,42+,43-,47-,48?,49-,52+,55?,56?/m1/s1. The number of likely N-dealkylation sites (N-methyl/N-ethyl adjacent to an activating group) is 1. The van der Waals surface area contributed by atoms with E-state index in [0.717, 1.165) is 17.4 Å². The highest BCUT2D eigenvalue weighted by Crippen LogP contribution is 2.41. The number of carbonyl (C=O) groups excluding carboxylic acids is 6. The third-order valence-electron chi connectivity index (χ3n) is 15.2. The number of ether oxygens (including phenoxy) is 5. The summed E-state index contributed by atoms with van der Waals surface area (Å²) < 4.78 is 69.1. The summed E-state index contributed by atoms with van der Waals surface area (Å²) in [5, 5.41) is 20.3. The molecule has 2 aromatic carbocycles. The van der Waals surface area contributed by atoms with E-state index in [9.17, 15) is 46.7 Å². The lowest BCUT2D eigenvalue weighted by atomic mass is 9.73. The highest BCUT2D eigenvalue weighted by Gasteiger charge is 2.58. The van der Waals surface area contributed by atoms with Crippen molar-refractivity contribution in [2.24, 2.45) is 23.7 Å². The Balaban J connectivity index is 1.25. The minimum Gasteiger partial charge on any atom is -0.458 e. The summed E-state index contributed by atoms with van der Waals surface area (Å²) in [6, 6.07) is 12.6. The van der Waals surface area contributed by atoms with Crippen LogP contribution in [0.2, 0.25) is 0 Å². The first kappa shape index (κ1) is 61.0. The molecule has 3 aliphatic heterocycles. The van der Waals surface area contributed by atoms with Crippen LogP contribution in [0.4, 0.5) is 14.0 Å². The first-order valence-corrected chi connectivity index (χ1v) is 28.3. The molecule has 6 rings (SSSR count). The Bertz CT molecular complexity index is 2740. The van der Waals surface area contributed by atoms with E-state index in [2.05, 4.69) is 25.9 Å². The van der Waals surface area contributed by atoms with E-state index in [1.807, 2.05) is 24.3 Å². The van der Waals surface area contributed by atoms with Crippen molar-refractivity contribution in [1.29, 1.82) is 0 Å². The monoisotopic (exact) mass is 1110 g/mol. The molecule has 14 atom stereocenters. The maximum absolute atomic E-state index is 14.8. The van der Waals surface area contributed by atoms with E-state index < -0.39 is 130 Å². The number of alkyl halides is 1. The van der Waals surface area contributed by atoms with Crippen LogP contribution in [0.15, 0.2) is 78.0 Å². The molecule has 4 unspecified atom stereocenters. The SMILES string of the molecule is CC[C@H]1OC(=O)[C@H](C)C(=O)[C@H](C)[C@@H](O[C@@H]2O[C@H](C)C[C@H](N(C)CCC(=O)N[C@H](CF)Cc3ccc(S(C)(=O)=O)cc3)[C@H]2O)C(C)(OC(=O)NC/C=C/c2ccc(-c3ncccn3)cc2)C[C@@H](C)C(=O)C(C)C2NC(=O)OC21C. The van der Waals surface area contributed by atoms with E-state index in [4.69, 9.17) is 23.7 Å². The number of hydrogen-bond donors (Lipinski definition) is 4. The number of amides is 3. The number of aliphatic hydroxyl groups is 1. The molecule has 0 aliphatic carbocycles. The lowest BCUT2D eigenvalue weighted by Gasteiger charge is -2.47. The minimum absolute atomic E-state index is 0.0189. The molecule has 0 bridgehead atoms. The Morgan fingerprint density at radius 2 is 1.65 bits per heavy atom. The van der Waals surface area contributed by atoms with Gasteiger partial charge in [0.25, 0.3) is 0 Å². The second kappa shape index (κ2) is 26.2. The molecule has 1 aromatic heterocycles. The molecule has 3 amide bonds. The van der Waals surface area contributed by atoms with Gasteiger partial charge in [-0.25, -0.2) is 32.4 Å². The molecule has 426 valence electrons. The smallest absolute Gasteiger partial charge is 0.408 e. The van der Waals surface area contributed by atoms with Gasteiger partial charge in [-0.05, 0) is 89.8 Å². The van der Waals surface area contributed by atoms with Gasteiger partial charge in [-0.3, -0.25) is 19.2 Å². The van der Waals surface area contributed by atoms with E-state index >= 15 is 0 Å². The zero-order valence-electron chi connectivity index (χ0n) is 46.0. The number of aromatic nitrogens is 2. The number of nitrogens with zero attached hydrogens (tertiary/aromatic N) is 3. The van der Waals surface area contributed by atoms with Crippen molar-refractivity contribution in [3.63, 3.8) is 0 Å². The summed E-state index contributed by atoms with van der Waals surface area (Å²) in [4.78, 5) is 94.2. The van der Waals surface area contributed by atoms with Crippen molar-refractivity contribution >= 4 is 51.5 Å². The van der Waals surface area contributed by atoms with Gasteiger partial charge in [-0.2, -0.15) is 0 Å². The fourth-order valence-corrected chi connectivity index (χ4v) is 11.5. The van der Waals surface area contributed by atoms with E-state index in [0.29, 0.717) is 11.4 Å². The Kier molecular flexibility index (Phi) is 20.5. The number of fused-ring (bicyclic) bond motifs is 1. The van der Waals surface area contributed by atoms with Crippen molar-refractivity contribution in [3.8, 4) is 11.4 Å². The maximum Gasteiger partial charge on any atom is 0.408 e. The molecular formula is C56H75FN6O14S. The normalized spacial score (nSPS) is 30.6. The van der Waals surface area contributed by atoms with Gasteiger partial charge in [0.1, 0.15) is 42.3 Å². The van der Waals surface area contributed by atoms with Gasteiger partial charge in [0.05, 0.1) is 23.1 Å². The molecule has 0 saturated carbocycles. The fourth-order valence-electron chi connectivity index (χ4n) is 10.8. The molecule has 4 N–H and O–H groups in total. The number of ketones is 2. The van der Waals surface area contributed by atoms with Crippen LogP contribution in [-0.2, 0) is 59.1 Å². The second-order valence-corrected chi connectivity index (χ2v) is 23.4.